The minimum Gasteiger partial charge on any atom is -0.494 e. The fourth-order valence-electron chi connectivity index (χ4n) is 3.07. The number of benzene rings is 2. The van der Waals surface area contributed by atoms with Crippen LogP contribution < -0.4 is 10.1 Å². The molecule has 2 atom stereocenters. The Morgan fingerprint density at radius 2 is 2.05 bits per heavy atom. The molecule has 1 N–H and O–H groups in total. The summed E-state index contributed by atoms with van der Waals surface area (Å²) in [4.78, 5) is 0. The van der Waals surface area contributed by atoms with Crippen LogP contribution in [0.15, 0.2) is 42.5 Å². The molecule has 0 saturated heterocycles. The Hall–Kier alpha value is -1.87. The van der Waals surface area contributed by atoms with Gasteiger partial charge in [-0.3, -0.25) is 0 Å². The smallest absolute Gasteiger partial charge is 0.165 e. The summed E-state index contributed by atoms with van der Waals surface area (Å²) in [6.07, 6.45) is 1.04. The van der Waals surface area contributed by atoms with Crippen molar-refractivity contribution >= 4 is 0 Å². The molecule has 0 aromatic heterocycles. The van der Waals surface area contributed by atoms with Crippen LogP contribution in [0.3, 0.4) is 0 Å². The van der Waals surface area contributed by atoms with Gasteiger partial charge in [0.2, 0.25) is 0 Å². The maximum Gasteiger partial charge on any atom is 0.165 e. The number of rotatable bonds is 4. The zero-order valence-electron chi connectivity index (χ0n) is 11.7. The number of halogens is 1. The molecule has 0 amide bonds. The first-order chi connectivity index (χ1) is 9.74. The molecule has 0 aliphatic heterocycles. The maximum absolute atomic E-state index is 13.9. The number of nitrogens with one attached hydrogen (secondary N) is 1. The van der Waals surface area contributed by atoms with Gasteiger partial charge in [0.1, 0.15) is 0 Å². The second-order valence-corrected chi connectivity index (χ2v) is 5.17. The Labute approximate surface area is 118 Å². The van der Waals surface area contributed by atoms with Gasteiger partial charge in [0.05, 0.1) is 7.11 Å². The molecule has 2 nitrogen and oxygen atoms in total. The van der Waals surface area contributed by atoms with Crippen molar-refractivity contribution in [1.29, 1.82) is 0 Å². The number of hydrogen-bond donors (Lipinski definition) is 1. The van der Waals surface area contributed by atoms with Crippen LogP contribution in [-0.4, -0.2) is 14.2 Å². The lowest BCUT2D eigenvalue weighted by molar-refractivity contribution is 0.383. The summed E-state index contributed by atoms with van der Waals surface area (Å²) in [6, 6.07) is 13.8. The molecule has 3 rings (SSSR count). The topological polar surface area (TPSA) is 21.3 Å². The first-order valence-corrected chi connectivity index (χ1v) is 6.83. The van der Waals surface area contributed by atoms with E-state index in [0.29, 0.717) is 5.92 Å². The van der Waals surface area contributed by atoms with Gasteiger partial charge < -0.3 is 10.1 Å². The molecule has 0 spiro atoms. The van der Waals surface area contributed by atoms with Crippen molar-refractivity contribution in [3.63, 3.8) is 0 Å². The molecule has 0 heterocycles. The van der Waals surface area contributed by atoms with E-state index in [1.807, 2.05) is 13.1 Å². The van der Waals surface area contributed by atoms with Crippen LogP contribution in [0.4, 0.5) is 4.39 Å². The van der Waals surface area contributed by atoms with E-state index < -0.39 is 0 Å². The summed E-state index contributed by atoms with van der Waals surface area (Å²) in [7, 11) is 3.41. The molecule has 0 fully saturated rings. The van der Waals surface area contributed by atoms with Crippen LogP contribution in [0.25, 0.3) is 0 Å². The van der Waals surface area contributed by atoms with Crippen molar-refractivity contribution in [2.24, 2.45) is 0 Å². The Morgan fingerprint density at radius 1 is 1.25 bits per heavy atom. The highest BCUT2D eigenvalue weighted by Crippen LogP contribution is 2.43. The first-order valence-electron chi connectivity index (χ1n) is 6.83. The number of hydrogen-bond acceptors (Lipinski definition) is 2. The van der Waals surface area contributed by atoms with Gasteiger partial charge in [-0.05, 0) is 42.3 Å². The predicted molar refractivity (Wildman–Crippen MR) is 77.6 cm³/mol. The summed E-state index contributed by atoms with van der Waals surface area (Å²) in [5.74, 6) is 0.388. The van der Waals surface area contributed by atoms with Crippen LogP contribution in [0.2, 0.25) is 0 Å². The standard InChI is InChI=1S/C17H18FNO/c1-19-17(12-7-8-16(20-2)15(18)10-12)14-9-11-5-3-4-6-13(11)14/h3-8,10,14,17,19H,9H2,1-2H3. The average molecular weight is 271 g/mol. The highest BCUT2D eigenvalue weighted by Gasteiger charge is 2.33. The zero-order chi connectivity index (χ0) is 14.1. The third-order valence-electron chi connectivity index (χ3n) is 4.14. The fourth-order valence-corrected chi connectivity index (χ4v) is 3.07. The molecule has 0 radical (unpaired) electrons. The highest BCUT2D eigenvalue weighted by atomic mass is 19.1. The molecule has 0 saturated carbocycles. The van der Waals surface area contributed by atoms with E-state index in [0.717, 1.165) is 12.0 Å². The molecule has 2 unspecified atom stereocenters. The van der Waals surface area contributed by atoms with Gasteiger partial charge in [0, 0.05) is 12.0 Å². The van der Waals surface area contributed by atoms with Gasteiger partial charge in [-0.1, -0.05) is 30.3 Å². The molecule has 2 aromatic rings. The van der Waals surface area contributed by atoms with Crippen LogP contribution in [-0.2, 0) is 6.42 Å². The predicted octanol–water partition coefficient (Wildman–Crippen LogP) is 3.43. The summed E-state index contributed by atoms with van der Waals surface area (Å²) < 4.78 is 18.9. The molecule has 2 aromatic carbocycles. The van der Waals surface area contributed by atoms with Crippen LogP contribution in [0.5, 0.6) is 5.75 Å². The molecule has 3 heteroatoms. The van der Waals surface area contributed by atoms with Crippen LogP contribution in [0.1, 0.15) is 28.7 Å². The van der Waals surface area contributed by atoms with Gasteiger partial charge >= 0.3 is 0 Å². The molecular weight excluding hydrogens is 253 g/mol. The number of fused-ring (bicyclic) bond motifs is 1. The lowest BCUT2D eigenvalue weighted by Crippen LogP contribution is -2.31. The van der Waals surface area contributed by atoms with Crippen molar-refractivity contribution < 1.29 is 9.13 Å². The quantitative estimate of drug-likeness (QED) is 0.919. The third kappa shape index (κ3) is 2.08. The van der Waals surface area contributed by atoms with Gasteiger partial charge in [-0.25, -0.2) is 4.39 Å². The normalized spacial score (nSPS) is 18.1. The van der Waals surface area contributed by atoms with E-state index in [4.69, 9.17) is 4.74 Å². The highest BCUT2D eigenvalue weighted by molar-refractivity contribution is 5.44. The van der Waals surface area contributed by atoms with Gasteiger partial charge in [-0.2, -0.15) is 0 Å². The SMILES string of the molecule is CNC(c1ccc(OC)c(F)c1)C1Cc2ccccc21. The lowest BCUT2D eigenvalue weighted by Gasteiger charge is -2.36. The Balaban J connectivity index is 1.90. The minimum absolute atomic E-state index is 0.130. The van der Waals surface area contributed by atoms with E-state index in [1.165, 1.54) is 18.2 Å². The van der Waals surface area contributed by atoms with Crippen molar-refractivity contribution in [1.82, 2.24) is 5.32 Å². The Kier molecular flexibility index (Phi) is 3.45. The molecule has 20 heavy (non-hydrogen) atoms. The molecular formula is C17H18FNO. The van der Waals surface area contributed by atoms with Crippen LogP contribution in [0, 0.1) is 5.82 Å². The molecule has 1 aliphatic carbocycles. The fraction of sp³-hybridized carbons (Fsp3) is 0.294. The van der Waals surface area contributed by atoms with Gasteiger partial charge in [0.25, 0.3) is 0 Å². The number of ether oxygens (including phenoxy) is 1. The van der Waals surface area contributed by atoms with E-state index in [-0.39, 0.29) is 17.6 Å². The van der Waals surface area contributed by atoms with E-state index in [9.17, 15) is 4.39 Å². The van der Waals surface area contributed by atoms with E-state index in [2.05, 4.69) is 29.6 Å². The van der Waals surface area contributed by atoms with E-state index >= 15 is 0 Å². The van der Waals surface area contributed by atoms with Crippen molar-refractivity contribution in [3.05, 3.63) is 65.0 Å². The largest absolute Gasteiger partial charge is 0.494 e. The maximum atomic E-state index is 13.9. The first kappa shape index (κ1) is 13.1. The second-order valence-electron chi connectivity index (χ2n) is 5.17. The Bertz CT molecular complexity index is 626. The molecule has 104 valence electrons. The van der Waals surface area contributed by atoms with Crippen molar-refractivity contribution in [3.8, 4) is 5.75 Å². The summed E-state index contributed by atoms with van der Waals surface area (Å²) >= 11 is 0. The minimum atomic E-state index is -0.308. The van der Waals surface area contributed by atoms with Gasteiger partial charge in [-0.15, -0.1) is 0 Å². The summed E-state index contributed by atoms with van der Waals surface area (Å²) in [5.41, 5.74) is 3.72. The Morgan fingerprint density at radius 3 is 2.70 bits per heavy atom. The van der Waals surface area contributed by atoms with Crippen LogP contribution >= 0.6 is 0 Å². The molecule has 1 aliphatic rings. The zero-order valence-corrected chi connectivity index (χ0v) is 11.7. The summed E-state index contributed by atoms with van der Waals surface area (Å²) in [5, 5.41) is 3.32. The second kappa shape index (κ2) is 5.25. The number of methoxy groups -OCH3 is 1. The monoisotopic (exact) mass is 271 g/mol. The lowest BCUT2D eigenvalue weighted by atomic mass is 9.72. The summed E-state index contributed by atoms with van der Waals surface area (Å²) in [6.45, 7) is 0. The third-order valence-corrected chi connectivity index (χ3v) is 4.14. The van der Waals surface area contributed by atoms with Crippen molar-refractivity contribution in [2.45, 2.75) is 18.4 Å². The molecule has 0 bridgehead atoms. The average Bonchev–Trinajstić information content (AvgIpc) is 2.45. The van der Waals surface area contributed by atoms with Crippen molar-refractivity contribution in [2.75, 3.05) is 14.2 Å². The number of likely N-dealkylation sites (N-methyl/N-ethyl adjacent to an activating group) is 1. The van der Waals surface area contributed by atoms with Gasteiger partial charge in [0.15, 0.2) is 11.6 Å². The van der Waals surface area contributed by atoms with E-state index in [1.54, 1.807) is 12.1 Å².